The van der Waals surface area contributed by atoms with Gasteiger partial charge in [0.15, 0.2) is 11.5 Å². The van der Waals surface area contributed by atoms with E-state index >= 15 is 0 Å². The van der Waals surface area contributed by atoms with Crippen LogP contribution in [0, 0.1) is 12.3 Å². The summed E-state index contributed by atoms with van der Waals surface area (Å²) in [6.45, 7) is 0. The quantitative estimate of drug-likeness (QED) is 0.138. The van der Waals surface area contributed by atoms with Gasteiger partial charge < -0.3 is 35.4 Å². The number of aromatic hydroxyl groups is 5. The Hall–Kier alpha value is -1.11. The van der Waals surface area contributed by atoms with Crippen molar-refractivity contribution in [1.82, 2.24) is 0 Å². The number of benzene rings is 1. The summed E-state index contributed by atoms with van der Waals surface area (Å²) in [5.74, 6) is -4.19. The predicted octanol–water partition coefficient (Wildman–Crippen LogP) is -4.41. The molecule has 0 heterocycles. The number of carbonyl (C=O) groups excluding carboxylic acids is 1. The van der Waals surface area contributed by atoms with Crippen molar-refractivity contribution in [2.24, 2.45) is 0 Å². The molecule has 0 radical (unpaired) electrons. The van der Waals surface area contributed by atoms with Crippen LogP contribution in [0.1, 0.15) is 0 Å². The maximum absolute atomic E-state index is 9.02. The maximum atomic E-state index is 9.02. The second kappa shape index (κ2) is 8.05. The van der Waals surface area contributed by atoms with E-state index in [4.69, 9.17) is 35.4 Å². The summed E-state index contributed by atoms with van der Waals surface area (Å²) in [6.07, 6.45) is 4.26. The topological polar surface area (TPSA) is 141 Å². The first kappa shape index (κ1) is 18.3. The van der Waals surface area contributed by atoms with Crippen LogP contribution in [0.5, 0.6) is 28.7 Å². The van der Waals surface area contributed by atoms with Gasteiger partial charge >= 0.3 is 51.4 Å². The van der Waals surface area contributed by atoms with Gasteiger partial charge in [-0.15, -0.1) is 6.42 Å². The average molecular weight is 266 g/mol. The normalized spacial score (nSPS) is 7.94. The van der Waals surface area contributed by atoms with E-state index < -0.39 is 34.7 Å². The molecule has 7 nitrogen and oxygen atoms in total. The van der Waals surface area contributed by atoms with Gasteiger partial charge in [0, 0.05) is 6.07 Å². The summed E-state index contributed by atoms with van der Waals surface area (Å²) in [5.41, 5.74) is 0. The molecule has 1 aromatic rings. The summed E-state index contributed by atoms with van der Waals surface area (Å²) >= 11 is 0. The van der Waals surface area contributed by atoms with Crippen LogP contribution in [0.15, 0.2) is 6.07 Å². The first-order valence-electron chi connectivity index (χ1n) is 3.64. The van der Waals surface area contributed by atoms with Crippen molar-refractivity contribution in [1.29, 1.82) is 0 Å². The molecule has 0 fully saturated rings. The van der Waals surface area contributed by atoms with Crippen LogP contribution in [0.25, 0.3) is 0 Å². The smallest absolute Gasteiger partial charge is 0.537 e. The number of phenolic OH excluding ortho intramolecular Hbond substituents is 5. The fourth-order valence-corrected chi connectivity index (χ4v) is 0.621. The van der Waals surface area contributed by atoms with E-state index in [0.29, 0.717) is 6.07 Å². The molecule has 0 saturated heterocycles. The molecule has 0 unspecified atom stereocenters. The Morgan fingerprint density at radius 2 is 1.35 bits per heavy atom. The van der Waals surface area contributed by atoms with E-state index in [0.717, 1.165) is 0 Å². The Bertz CT molecular complexity index is 423. The van der Waals surface area contributed by atoms with Gasteiger partial charge in [-0.05, 0) is 0 Å². The minimum absolute atomic E-state index is 0. The Morgan fingerprint density at radius 3 is 1.59 bits per heavy atom. The van der Waals surface area contributed by atoms with Gasteiger partial charge in [0.05, 0.1) is 0 Å². The van der Waals surface area contributed by atoms with E-state index in [1.165, 1.54) is 5.92 Å². The summed E-state index contributed by atoms with van der Waals surface area (Å²) in [5, 5.41) is 52.7. The third kappa shape index (κ3) is 5.67. The molecule has 0 bridgehead atoms. The van der Waals surface area contributed by atoms with Crippen molar-refractivity contribution in [2.75, 3.05) is 0 Å². The Morgan fingerprint density at radius 1 is 1.06 bits per heavy atom. The minimum Gasteiger partial charge on any atom is -0.537 e. The number of terminal acetylenes is 1. The number of carbonyl (C=O) groups is 1. The third-order valence-corrected chi connectivity index (χ3v) is 1.33. The number of hydrogen-bond donors (Lipinski definition) is 5. The van der Waals surface area contributed by atoms with Crippen LogP contribution >= 0.6 is 0 Å². The van der Waals surface area contributed by atoms with Crippen molar-refractivity contribution in [3.63, 3.8) is 0 Å². The van der Waals surface area contributed by atoms with Crippen molar-refractivity contribution in [3.05, 3.63) is 6.07 Å². The molecular formula is C9H7KO7. The molecule has 0 atom stereocenters. The van der Waals surface area contributed by atoms with Crippen molar-refractivity contribution < 1.29 is 86.8 Å². The molecular weight excluding hydrogens is 259 g/mol. The summed E-state index contributed by atoms with van der Waals surface area (Å²) in [4.78, 5) is 9.02. The van der Waals surface area contributed by atoms with Gasteiger partial charge in [-0.3, -0.25) is 0 Å². The number of phenols is 5. The molecule has 5 N–H and O–H groups in total. The van der Waals surface area contributed by atoms with Gasteiger partial charge in [0.25, 0.3) is 0 Å². The SMILES string of the molecule is C#CC(=O)[O-].Oc1cc(O)c(O)c(O)c1O.[K+]. The monoisotopic (exact) mass is 266 g/mol. The number of rotatable bonds is 0. The Labute approximate surface area is 138 Å². The van der Waals surface area contributed by atoms with E-state index in [1.54, 1.807) is 0 Å². The molecule has 0 aliphatic carbocycles. The fraction of sp³-hybridized carbons (Fsp3) is 0. The van der Waals surface area contributed by atoms with Gasteiger partial charge in [0.1, 0.15) is 5.97 Å². The Kier molecular flexibility index (Phi) is 8.64. The number of carboxylic acids is 1. The maximum Gasteiger partial charge on any atom is 1.00 e. The molecule has 1 aromatic carbocycles. The molecule has 1 rings (SSSR count). The summed E-state index contributed by atoms with van der Waals surface area (Å²) < 4.78 is 0. The molecule has 8 heteroatoms. The van der Waals surface area contributed by atoms with Crippen LogP contribution in [0.4, 0.5) is 0 Å². The zero-order valence-corrected chi connectivity index (χ0v) is 11.8. The van der Waals surface area contributed by atoms with Crippen molar-refractivity contribution in [2.45, 2.75) is 0 Å². The number of aliphatic carboxylic acids is 1. The predicted molar refractivity (Wildman–Crippen MR) is 48.6 cm³/mol. The number of carboxylic acid groups (broad SMARTS) is 1. The fourth-order valence-electron chi connectivity index (χ4n) is 0.621. The largest absolute Gasteiger partial charge is 1.00 e. The number of hydrogen-bond acceptors (Lipinski definition) is 7. The van der Waals surface area contributed by atoms with E-state index in [2.05, 4.69) is 6.42 Å². The second-order valence-corrected chi connectivity index (χ2v) is 2.39. The van der Waals surface area contributed by atoms with Crippen molar-refractivity contribution in [3.8, 4) is 41.1 Å². The molecule has 0 aromatic heterocycles. The van der Waals surface area contributed by atoms with Crippen LogP contribution < -0.4 is 56.5 Å². The molecule has 0 amide bonds. The second-order valence-electron chi connectivity index (χ2n) is 2.39. The zero-order chi connectivity index (χ0) is 12.9. The molecule has 86 valence electrons. The minimum atomic E-state index is -1.47. The average Bonchev–Trinajstić information content (AvgIpc) is 2.24. The van der Waals surface area contributed by atoms with Gasteiger partial charge in [-0.25, -0.2) is 0 Å². The van der Waals surface area contributed by atoms with E-state index in [1.807, 2.05) is 0 Å². The first-order valence-corrected chi connectivity index (χ1v) is 3.64. The standard InChI is InChI=1S/C6H6O5.C3H2O2.K/c7-2-1-3(8)5(10)6(11)4(2)9;1-2-3(4)5;/h1,7-11H;1H,(H,4,5);/q;;+1/p-1. The molecule has 0 aliphatic heterocycles. The van der Waals surface area contributed by atoms with Crippen LogP contribution in [-0.2, 0) is 4.79 Å². The summed E-state index contributed by atoms with van der Waals surface area (Å²) in [7, 11) is 0. The van der Waals surface area contributed by atoms with Crippen molar-refractivity contribution >= 4 is 5.97 Å². The molecule has 17 heavy (non-hydrogen) atoms. The Balaban J connectivity index is 0. The van der Waals surface area contributed by atoms with Gasteiger partial charge in [0.2, 0.25) is 17.2 Å². The zero-order valence-electron chi connectivity index (χ0n) is 8.71. The van der Waals surface area contributed by atoms with Gasteiger partial charge in [-0.1, -0.05) is 5.92 Å². The third-order valence-electron chi connectivity index (χ3n) is 1.33. The van der Waals surface area contributed by atoms with Gasteiger partial charge in [-0.2, -0.15) is 0 Å². The van der Waals surface area contributed by atoms with E-state index in [-0.39, 0.29) is 51.4 Å². The summed E-state index contributed by atoms with van der Waals surface area (Å²) in [6, 6.07) is 0.713. The first-order chi connectivity index (χ1) is 7.31. The molecule has 0 aliphatic rings. The molecule has 0 saturated carbocycles. The van der Waals surface area contributed by atoms with Crippen LogP contribution in [0.2, 0.25) is 0 Å². The van der Waals surface area contributed by atoms with Crippen LogP contribution in [0.3, 0.4) is 0 Å². The molecule has 0 spiro atoms. The van der Waals surface area contributed by atoms with E-state index in [9.17, 15) is 0 Å². The van der Waals surface area contributed by atoms with Crippen LogP contribution in [-0.4, -0.2) is 31.5 Å².